The van der Waals surface area contributed by atoms with E-state index in [2.05, 4.69) is 11.8 Å². The molecule has 0 saturated carbocycles. The minimum atomic E-state index is -0.511. The lowest BCUT2D eigenvalue weighted by molar-refractivity contribution is -0.134. The number of rotatable bonds is 9. The Balaban J connectivity index is 1.81. The van der Waals surface area contributed by atoms with Gasteiger partial charge in [0.15, 0.2) is 5.69 Å². The lowest BCUT2D eigenvalue weighted by atomic mass is 10.1. The molecule has 140 valence electrons. The Morgan fingerprint density at radius 3 is 2.04 bits per heavy atom. The Kier molecular flexibility index (Phi) is 8.05. The van der Waals surface area contributed by atoms with E-state index in [4.69, 9.17) is 16.0 Å². The molecule has 5 nitrogen and oxygen atoms in total. The Morgan fingerprint density at radius 1 is 0.852 bits per heavy atom. The first-order valence-corrected chi connectivity index (χ1v) is 9.13. The zero-order chi connectivity index (χ0) is 19.5. The van der Waals surface area contributed by atoms with Crippen molar-refractivity contribution in [1.82, 2.24) is 0 Å². The Labute approximate surface area is 159 Å². The van der Waals surface area contributed by atoms with E-state index in [1.807, 2.05) is 0 Å². The highest BCUT2D eigenvalue weighted by atomic mass is 16.5. The topological polar surface area (TPSA) is 57.0 Å². The maximum atomic E-state index is 12.1. The summed E-state index contributed by atoms with van der Waals surface area (Å²) in [6, 6.07) is 12.6. The van der Waals surface area contributed by atoms with Gasteiger partial charge < -0.3 is 9.47 Å². The van der Waals surface area contributed by atoms with Crippen molar-refractivity contribution in [2.24, 2.45) is 0 Å². The average molecular weight is 365 g/mol. The summed E-state index contributed by atoms with van der Waals surface area (Å²) in [5, 5.41) is 0. The molecule has 0 N–H and O–H groups in total. The van der Waals surface area contributed by atoms with Gasteiger partial charge in [0.1, 0.15) is 11.5 Å². The second-order valence-electron chi connectivity index (χ2n) is 6.16. The Hall–Kier alpha value is -3.13. The number of carbonyl (C=O) groups is 2. The van der Waals surface area contributed by atoms with Crippen molar-refractivity contribution >= 4 is 17.6 Å². The molecule has 0 bridgehead atoms. The number of unbranched alkanes of at least 4 members (excludes halogenated alkanes) is 4. The van der Waals surface area contributed by atoms with Gasteiger partial charge in [-0.25, -0.2) is 9.64 Å². The van der Waals surface area contributed by atoms with E-state index in [1.165, 1.54) is 12.8 Å². The van der Waals surface area contributed by atoms with Gasteiger partial charge in [0, 0.05) is 6.42 Å². The third-order valence-electron chi connectivity index (χ3n) is 3.98. The van der Waals surface area contributed by atoms with Crippen LogP contribution >= 0.6 is 0 Å². The molecule has 0 saturated heterocycles. The van der Waals surface area contributed by atoms with Gasteiger partial charge in [-0.1, -0.05) is 56.9 Å². The van der Waals surface area contributed by atoms with Gasteiger partial charge in [0.25, 0.3) is 0 Å². The molecule has 0 aliphatic heterocycles. The minimum Gasteiger partial charge on any atom is -0.427 e. The van der Waals surface area contributed by atoms with Crippen molar-refractivity contribution in [1.29, 1.82) is 0 Å². The quantitative estimate of drug-likeness (QED) is 0.247. The molecule has 0 spiro atoms. The van der Waals surface area contributed by atoms with Crippen molar-refractivity contribution in [2.45, 2.75) is 45.4 Å². The lowest BCUT2D eigenvalue weighted by Crippen LogP contribution is -2.09. The largest absolute Gasteiger partial charge is 0.427 e. The van der Waals surface area contributed by atoms with Crippen LogP contribution in [0.3, 0.4) is 0 Å². The molecule has 0 radical (unpaired) electrons. The number of ether oxygens (including phenoxy) is 2. The molecule has 0 amide bonds. The van der Waals surface area contributed by atoms with Gasteiger partial charge in [0.05, 0.1) is 12.1 Å². The van der Waals surface area contributed by atoms with E-state index in [0.717, 1.165) is 19.3 Å². The van der Waals surface area contributed by atoms with Gasteiger partial charge in [-0.3, -0.25) is 4.79 Å². The number of esters is 2. The summed E-state index contributed by atoms with van der Waals surface area (Å²) in [6.45, 7) is 9.06. The summed E-state index contributed by atoms with van der Waals surface area (Å²) >= 11 is 0. The molecule has 0 aromatic heterocycles. The van der Waals surface area contributed by atoms with Gasteiger partial charge in [0.2, 0.25) is 0 Å². The third-order valence-corrected chi connectivity index (χ3v) is 3.98. The number of carbonyl (C=O) groups excluding carboxylic acids is 2. The van der Waals surface area contributed by atoms with E-state index in [9.17, 15) is 9.59 Å². The summed E-state index contributed by atoms with van der Waals surface area (Å²) in [5.74, 6) is 0.0166. The predicted octanol–water partition coefficient (Wildman–Crippen LogP) is 5.72. The number of nitrogens with zero attached hydrogens (tertiary/aromatic N) is 1. The molecule has 5 heteroatoms. The standard InChI is InChI=1S/C22H23NO4/c1-3-4-5-6-7-8-21(24)26-19-13-15-20(16-14-19)27-22(25)17-9-11-18(23-2)12-10-17/h9-16H,3-8H2,1H3. The van der Waals surface area contributed by atoms with Crippen LogP contribution in [0.15, 0.2) is 48.5 Å². The molecule has 0 unspecified atom stereocenters. The van der Waals surface area contributed by atoms with Crippen LogP contribution in [0.4, 0.5) is 5.69 Å². The van der Waals surface area contributed by atoms with Crippen LogP contribution in [0.25, 0.3) is 4.85 Å². The summed E-state index contributed by atoms with van der Waals surface area (Å²) in [5.41, 5.74) is 0.823. The molecule has 27 heavy (non-hydrogen) atoms. The van der Waals surface area contributed by atoms with Gasteiger partial charge in [-0.2, -0.15) is 0 Å². The molecule has 0 aliphatic rings. The predicted molar refractivity (Wildman–Crippen MR) is 103 cm³/mol. The smallest absolute Gasteiger partial charge is 0.343 e. The fourth-order valence-electron chi connectivity index (χ4n) is 2.47. The van der Waals surface area contributed by atoms with Crippen LogP contribution < -0.4 is 9.47 Å². The monoisotopic (exact) mass is 365 g/mol. The average Bonchev–Trinajstić information content (AvgIpc) is 2.69. The van der Waals surface area contributed by atoms with E-state index in [0.29, 0.717) is 29.2 Å². The summed E-state index contributed by atoms with van der Waals surface area (Å²) in [7, 11) is 0. The van der Waals surface area contributed by atoms with E-state index < -0.39 is 5.97 Å². The molecule has 2 aromatic carbocycles. The van der Waals surface area contributed by atoms with Gasteiger partial charge in [-0.15, -0.1) is 0 Å². The van der Waals surface area contributed by atoms with Crippen LogP contribution in [0, 0.1) is 6.57 Å². The highest BCUT2D eigenvalue weighted by molar-refractivity contribution is 5.91. The highest BCUT2D eigenvalue weighted by Crippen LogP contribution is 2.20. The number of benzene rings is 2. The van der Waals surface area contributed by atoms with Crippen LogP contribution in [0.1, 0.15) is 55.8 Å². The fourth-order valence-corrected chi connectivity index (χ4v) is 2.47. The molecule has 2 aromatic rings. The number of hydrogen-bond acceptors (Lipinski definition) is 4. The molecule has 0 fully saturated rings. The molecule has 0 aliphatic carbocycles. The first-order chi connectivity index (χ1) is 13.1. The maximum absolute atomic E-state index is 12.1. The normalized spacial score (nSPS) is 10.1. The zero-order valence-corrected chi connectivity index (χ0v) is 15.4. The van der Waals surface area contributed by atoms with E-state index >= 15 is 0 Å². The van der Waals surface area contributed by atoms with Crippen molar-refractivity contribution < 1.29 is 19.1 Å². The second kappa shape index (κ2) is 10.8. The van der Waals surface area contributed by atoms with Crippen molar-refractivity contribution in [2.75, 3.05) is 0 Å². The Bertz CT molecular complexity index is 789. The SMILES string of the molecule is [C-]#[N+]c1ccc(C(=O)Oc2ccc(OC(=O)CCCCCCC)cc2)cc1. The lowest BCUT2D eigenvalue weighted by Gasteiger charge is -2.07. The van der Waals surface area contributed by atoms with Crippen LogP contribution in [0.2, 0.25) is 0 Å². The van der Waals surface area contributed by atoms with E-state index in [-0.39, 0.29) is 5.97 Å². The van der Waals surface area contributed by atoms with E-state index in [1.54, 1.807) is 48.5 Å². The first-order valence-electron chi connectivity index (χ1n) is 9.13. The van der Waals surface area contributed by atoms with Crippen molar-refractivity contribution in [3.63, 3.8) is 0 Å². The minimum absolute atomic E-state index is 0.254. The molecule has 0 heterocycles. The van der Waals surface area contributed by atoms with Crippen LogP contribution in [0.5, 0.6) is 11.5 Å². The van der Waals surface area contributed by atoms with Gasteiger partial charge >= 0.3 is 11.9 Å². The molecular formula is C22H23NO4. The van der Waals surface area contributed by atoms with Crippen molar-refractivity contribution in [3.05, 3.63) is 65.5 Å². The second-order valence-corrected chi connectivity index (χ2v) is 6.16. The summed E-state index contributed by atoms with van der Waals surface area (Å²) in [4.78, 5) is 27.2. The summed E-state index contributed by atoms with van der Waals surface area (Å²) < 4.78 is 10.6. The molecule has 0 atom stereocenters. The molecule has 2 rings (SSSR count). The van der Waals surface area contributed by atoms with Crippen LogP contribution in [-0.2, 0) is 4.79 Å². The maximum Gasteiger partial charge on any atom is 0.343 e. The molecular weight excluding hydrogens is 342 g/mol. The third kappa shape index (κ3) is 6.95. The highest BCUT2D eigenvalue weighted by Gasteiger charge is 2.09. The van der Waals surface area contributed by atoms with Gasteiger partial charge in [-0.05, 0) is 30.7 Å². The first kappa shape index (κ1) is 20.2. The Morgan fingerprint density at radius 2 is 1.44 bits per heavy atom. The fraction of sp³-hybridized carbons (Fsp3) is 0.318. The van der Waals surface area contributed by atoms with Crippen molar-refractivity contribution in [3.8, 4) is 11.5 Å². The number of hydrogen-bond donors (Lipinski definition) is 0. The zero-order valence-electron chi connectivity index (χ0n) is 15.4. The summed E-state index contributed by atoms with van der Waals surface area (Å²) in [6.07, 6.45) is 5.79. The van der Waals surface area contributed by atoms with Crippen LogP contribution in [-0.4, -0.2) is 11.9 Å².